The molecule has 0 saturated carbocycles. The molecule has 1 N–H and O–H groups in total. The van der Waals surface area contributed by atoms with Crippen molar-refractivity contribution in [2.75, 3.05) is 0 Å². The van der Waals surface area contributed by atoms with E-state index in [4.69, 9.17) is 9.47 Å². The average molecular weight is 425 g/mol. The molecule has 2 atom stereocenters. The van der Waals surface area contributed by atoms with Crippen molar-refractivity contribution >= 4 is 5.78 Å². The molecule has 2 bridgehead atoms. The van der Waals surface area contributed by atoms with Crippen LogP contribution in [0.2, 0.25) is 0 Å². The monoisotopic (exact) mass is 424 g/mol. The lowest BCUT2D eigenvalue weighted by Crippen LogP contribution is -2.44. The molecule has 1 aliphatic carbocycles. The Balaban J connectivity index is 1.76. The second-order valence-electron chi connectivity index (χ2n) is 11.1. The van der Waals surface area contributed by atoms with Gasteiger partial charge in [0, 0.05) is 18.4 Å². The van der Waals surface area contributed by atoms with Gasteiger partial charge in [-0.1, -0.05) is 26.0 Å². The summed E-state index contributed by atoms with van der Waals surface area (Å²) in [6, 6.07) is 3.56. The van der Waals surface area contributed by atoms with Crippen molar-refractivity contribution in [3.63, 3.8) is 0 Å². The summed E-state index contributed by atoms with van der Waals surface area (Å²) < 4.78 is 13.3. The fourth-order valence-corrected chi connectivity index (χ4v) is 5.39. The number of carbonyl (C=O) groups is 1. The molecule has 2 aliphatic heterocycles. The van der Waals surface area contributed by atoms with Crippen molar-refractivity contribution in [3.05, 3.63) is 46.6 Å². The summed E-state index contributed by atoms with van der Waals surface area (Å²) in [5.74, 6) is 1.37. The van der Waals surface area contributed by atoms with Crippen LogP contribution >= 0.6 is 0 Å². The zero-order chi connectivity index (χ0) is 22.6. The van der Waals surface area contributed by atoms with Crippen LogP contribution in [0.4, 0.5) is 0 Å². The molecular formula is C27H36O4. The molecule has 168 valence electrons. The van der Waals surface area contributed by atoms with Gasteiger partial charge in [0.15, 0.2) is 5.78 Å². The smallest absolute Gasteiger partial charge is 0.162 e. The molecule has 0 saturated heterocycles. The van der Waals surface area contributed by atoms with Crippen LogP contribution in [0.25, 0.3) is 0 Å². The molecule has 0 amide bonds. The molecule has 31 heavy (non-hydrogen) atoms. The highest BCUT2D eigenvalue weighted by Crippen LogP contribution is 2.47. The van der Waals surface area contributed by atoms with Crippen LogP contribution in [0.15, 0.2) is 35.4 Å². The van der Waals surface area contributed by atoms with E-state index in [2.05, 4.69) is 34.6 Å². The van der Waals surface area contributed by atoms with Crippen LogP contribution in [0.5, 0.6) is 11.5 Å². The molecule has 1 aromatic rings. The predicted molar refractivity (Wildman–Crippen MR) is 123 cm³/mol. The van der Waals surface area contributed by atoms with Gasteiger partial charge in [0.1, 0.15) is 17.1 Å². The number of allylic oxidation sites excluding steroid dienone is 2. The van der Waals surface area contributed by atoms with Crippen LogP contribution in [-0.2, 0) is 16.0 Å². The van der Waals surface area contributed by atoms with E-state index in [1.807, 2.05) is 19.1 Å². The third-order valence-corrected chi connectivity index (χ3v) is 7.14. The van der Waals surface area contributed by atoms with Crippen molar-refractivity contribution in [2.24, 2.45) is 5.41 Å². The minimum Gasteiger partial charge on any atom is -0.508 e. The lowest BCUT2D eigenvalue weighted by Gasteiger charge is -2.44. The summed E-state index contributed by atoms with van der Waals surface area (Å²) in [5, 5.41) is 9.97. The first-order chi connectivity index (χ1) is 14.4. The van der Waals surface area contributed by atoms with E-state index < -0.39 is 11.2 Å². The van der Waals surface area contributed by atoms with Crippen LogP contribution in [-0.4, -0.2) is 28.2 Å². The number of aryl methyl sites for hydroxylation is 2. The molecule has 4 rings (SSSR count). The Morgan fingerprint density at radius 1 is 1.10 bits per heavy atom. The Hall–Kier alpha value is -2.07. The normalized spacial score (nSPS) is 29.5. The highest BCUT2D eigenvalue weighted by molar-refractivity contribution is 5.99. The molecule has 2 unspecified atom stereocenters. The van der Waals surface area contributed by atoms with Gasteiger partial charge in [-0.15, -0.1) is 0 Å². The summed E-state index contributed by atoms with van der Waals surface area (Å²) in [7, 11) is 0. The molecule has 0 aromatic heterocycles. The number of carbonyl (C=O) groups excluding carboxylic acids is 1. The Morgan fingerprint density at radius 2 is 1.84 bits per heavy atom. The number of rotatable bonds is 2. The maximum atomic E-state index is 13.2. The Kier molecular flexibility index (Phi) is 5.36. The number of hydrogen-bond acceptors (Lipinski definition) is 4. The molecule has 0 radical (unpaired) electrons. The molecule has 0 fully saturated rings. The standard InChI is InChI=1S/C27H36O4/c1-17-14-19(28)15-18-9-13-27(6,30-23(17)18)16-21-20-10-12-26(4,5)31-24(21)25(2,3)11-7-8-22(20)29/h10,12,14-15,24,28H,7-9,11,13,16H2,1-6H3. The van der Waals surface area contributed by atoms with Crippen molar-refractivity contribution in [1.29, 1.82) is 0 Å². The minimum absolute atomic E-state index is 0.0742. The average Bonchev–Trinajstić information content (AvgIpc) is 2.79. The van der Waals surface area contributed by atoms with E-state index in [1.54, 1.807) is 12.1 Å². The number of ketones is 1. The summed E-state index contributed by atoms with van der Waals surface area (Å²) in [6.07, 6.45) is 8.65. The number of aromatic hydroxyl groups is 1. The first-order valence-corrected chi connectivity index (χ1v) is 11.5. The van der Waals surface area contributed by atoms with Crippen molar-refractivity contribution in [2.45, 2.75) is 97.4 Å². The second-order valence-corrected chi connectivity index (χ2v) is 11.1. The third-order valence-electron chi connectivity index (χ3n) is 7.14. The number of phenols is 1. The fraction of sp³-hybridized carbons (Fsp3) is 0.593. The topological polar surface area (TPSA) is 55.8 Å². The summed E-state index contributed by atoms with van der Waals surface area (Å²) in [6.45, 7) is 12.8. The van der Waals surface area contributed by atoms with Crippen molar-refractivity contribution < 1.29 is 19.4 Å². The Morgan fingerprint density at radius 3 is 2.58 bits per heavy atom. The Labute approximate surface area is 186 Å². The summed E-state index contributed by atoms with van der Waals surface area (Å²) in [5.41, 5.74) is 2.96. The maximum absolute atomic E-state index is 13.2. The summed E-state index contributed by atoms with van der Waals surface area (Å²) in [4.78, 5) is 13.2. The van der Waals surface area contributed by atoms with Gasteiger partial charge >= 0.3 is 0 Å². The van der Waals surface area contributed by atoms with Gasteiger partial charge in [0.2, 0.25) is 0 Å². The van der Waals surface area contributed by atoms with Crippen molar-refractivity contribution in [3.8, 4) is 11.5 Å². The second kappa shape index (κ2) is 7.51. The molecule has 1 aromatic carbocycles. The van der Waals surface area contributed by atoms with Crippen LogP contribution < -0.4 is 4.74 Å². The van der Waals surface area contributed by atoms with Crippen LogP contribution in [0.1, 0.15) is 77.8 Å². The first kappa shape index (κ1) is 22.1. The summed E-state index contributed by atoms with van der Waals surface area (Å²) >= 11 is 0. The minimum atomic E-state index is -0.436. The van der Waals surface area contributed by atoms with Gasteiger partial charge in [0.05, 0.1) is 11.7 Å². The highest BCUT2D eigenvalue weighted by atomic mass is 16.5. The molecule has 3 aliphatic rings. The van der Waals surface area contributed by atoms with E-state index in [1.165, 1.54) is 0 Å². The van der Waals surface area contributed by atoms with Crippen LogP contribution in [0, 0.1) is 12.3 Å². The molecular weight excluding hydrogens is 388 g/mol. The third kappa shape index (κ3) is 4.32. The Bertz CT molecular complexity index is 966. The number of phenolic OH excluding ortho intramolecular Hbond substituents is 1. The number of Topliss-reactive ketones (excluding diaryl/α,β-unsaturated/α-hetero) is 1. The van der Waals surface area contributed by atoms with Crippen molar-refractivity contribution in [1.82, 2.24) is 0 Å². The SMILES string of the molecule is Cc1cc(O)cc2c1OC(C)(CC1=C3C=CC(C)(C)OC1C(C)(C)CCCC3=O)CC2. The van der Waals surface area contributed by atoms with Gasteiger partial charge in [0.25, 0.3) is 0 Å². The quantitative estimate of drug-likeness (QED) is 0.634. The van der Waals surface area contributed by atoms with E-state index in [0.29, 0.717) is 12.8 Å². The largest absolute Gasteiger partial charge is 0.508 e. The van der Waals surface area contributed by atoms with Gasteiger partial charge < -0.3 is 14.6 Å². The van der Waals surface area contributed by atoms with E-state index in [0.717, 1.165) is 53.7 Å². The van der Waals surface area contributed by atoms with Gasteiger partial charge in [-0.2, -0.15) is 0 Å². The number of ether oxygens (including phenoxy) is 2. The number of hydrogen-bond donors (Lipinski definition) is 1. The predicted octanol–water partition coefficient (Wildman–Crippen LogP) is 5.98. The van der Waals surface area contributed by atoms with Gasteiger partial charge in [-0.3, -0.25) is 4.79 Å². The van der Waals surface area contributed by atoms with E-state index >= 15 is 0 Å². The van der Waals surface area contributed by atoms with Crippen LogP contribution in [0.3, 0.4) is 0 Å². The molecule has 4 heteroatoms. The molecule has 2 heterocycles. The van der Waals surface area contributed by atoms with Gasteiger partial charge in [-0.25, -0.2) is 0 Å². The lowest BCUT2D eigenvalue weighted by atomic mass is 9.71. The maximum Gasteiger partial charge on any atom is 0.162 e. The van der Waals surface area contributed by atoms with E-state index in [9.17, 15) is 9.90 Å². The molecule has 0 spiro atoms. The lowest BCUT2D eigenvalue weighted by molar-refractivity contribution is -0.117. The number of fused-ring (bicyclic) bond motifs is 2. The molecule has 4 nitrogen and oxygen atoms in total. The van der Waals surface area contributed by atoms with E-state index in [-0.39, 0.29) is 23.1 Å². The fourth-order valence-electron chi connectivity index (χ4n) is 5.39. The highest BCUT2D eigenvalue weighted by Gasteiger charge is 2.44. The first-order valence-electron chi connectivity index (χ1n) is 11.5. The zero-order valence-corrected chi connectivity index (χ0v) is 19.8. The zero-order valence-electron chi connectivity index (χ0n) is 19.8. The van der Waals surface area contributed by atoms with Gasteiger partial charge in [-0.05, 0) is 87.6 Å². The number of benzene rings is 1.